The number of ether oxygens (including phenoxy) is 1. The van der Waals surface area contributed by atoms with Crippen LogP contribution in [0, 0.1) is 0 Å². The molecule has 2 heterocycles. The Hall–Kier alpha value is -0.970. The molecule has 1 saturated heterocycles. The third-order valence-electron chi connectivity index (χ3n) is 2.12. The predicted molar refractivity (Wildman–Crippen MR) is 63.4 cm³/mol. The molecular formula is C8H10ClF3N4O2S. The number of nitrogens with one attached hydrogen (secondary N) is 2. The molecule has 0 bridgehead atoms. The van der Waals surface area contributed by atoms with Crippen molar-refractivity contribution in [2.75, 3.05) is 25.0 Å². The van der Waals surface area contributed by atoms with Gasteiger partial charge in [0, 0.05) is 13.1 Å². The zero-order valence-corrected chi connectivity index (χ0v) is 11.0. The minimum absolute atomic E-state index is 0. The maximum absolute atomic E-state index is 12.3. The van der Waals surface area contributed by atoms with Gasteiger partial charge in [-0.15, -0.1) is 22.6 Å². The van der Waals surface area contributed by atoms with Crippen LogP contribution in [0.15, 0.2) is 0 Å². The molecule has 6 nitrogen and oxygen atoms in total. The Morgan fingerprint density at radius 3 is 2.74 bits per heavy atom. The number of amides is 1. The average molecular weight is 319 g/mol. The molecule has 0 aromatic carbocycles. The van der Waals surface area contributed by atoms with Crippen LogP contribution in [0.5, 0.6) is 0 Å². The van der Waals surface area contributed by atoms with Crippen LogP contribution in [0.3, 0.4) is 0 Å². The molecule has 1 fully saturated rings. The lowest BCUT2D eigenvalue weighted by molar-refractivity contribution is -0.138. The van der Waals surface area contributed by atoms with Gasteiger partial charge in [-0.25, -0.2) is 0 Å². The van der Waals surface area contributed by atoms with Gasteiger partial charge in [0.2, 0.25) is 10.1 Å². The number of morpholine rings is 1. The second kappa shape index (κ2) is 6.46. The number of hydrogen-bond donors (Lipinski definition) is 2. The summed E-state index contributed by atoms with van der Waals surface area (Å²) in [6, 6.07) is 0. The summed E-state index contributed by atoms with van der Waals surface area (Å²) < 4.78 is 41.9. The first-order valence-corrected chi connectivity index (χ1v) is 5.82. The normalized spacial score (nSPS) is 19.6. The van der Waals surface area contributed by atoms with E-state index in [0.29, 0.717) is 19.7 Å². The molecule has 1 aromatic heterocycles. The van der Waals surface area contributed by atoms with Gasteiger partial charge in [-0.05, 0) is 0 Å². The van der Waals surface area contributed by atoms with Crippen molar-refractivity contribution in [3.8, 4) is 0 Å². The van der Waals surface area contributed by atoms with E-state index in [4.69, 9.17) is 4.74 Å². The number of rotatable bonds is 2. The Morgan fingerprint density at radius 2 is 2.21 bits per heavy atom. The quantitative estimate of drug-likeness (QED) is 0.847. The minimum atomic E-state index is -4.55. The van der Waals surface area contributed by atoms with Gasteiger partial charge in [-0.1, -0.05) is 11.3 Å². The molecule has 2 rings (SSSR count). The Balaban J connectivity index is 0.00000180. The molecule has 0 saturated carbocycles. The fraction of sp³-hybridized carbons (Fsp3) is 0.625. The van der Waals surface area contributed by atoms with E-state index in [1.807, 2.05) is 0 Å². The molecule has 1 unspecified atom stereocenters. The number of hydrogen-bond acceptors (Lipinski definition) is 6. The number of aromatic nitrogens is 2. The van der Waals surface area contributed by atoms with Crippen LogP contribution in [0.25, 0.3) is 0 Å². The Morgan fingerprint density at radius 1 is 1.47 bits per heavy atom. The van der Waals surface area contributed by atoms with E-state index in [2.05, 4.69) is 20.8 Å². The number of carbonyl (C=O) groups is 1. The first-order chi connectivity index (χ1) is 8.47. The highest BCUT2D eigenvalue weighted by Gasteiger charge is 2.36. The summed E-state index contributed by atoms with van der Waals surface area (Å²) in [5.74, 6) is -0.535. The summed E-state index contributed by atoms with van der Waals surface area (Å²) >= 11 is 0.277. The number of anilines is 1. The fourth-order valence-electron chi connectivity index (χ4n) is 1.31. The first-order valence-electron chi connectivity index (χ1n) is 5.00. The first kappa shape index (κ1) is 16.1. The smallest absolute Gasteiger partial charge is 0.366 e. The van der Waals surface area contributed by atoms with E-state index in [9.17, 15) is 18.0 Å². The number of halogens is 4. The van der Waals surface area contributed by atoms with Crippen LogP contribution in [0.2, 0.25) is 0 Å². The molecule has 1 aromatic rings. The van der Waals surface area contributed by atoms with Crippen LogP contribution < -0.4 is 10.6 Å². The summed E-state index contributed by atoms with van der Waals surface area (Å²) in [5.41, 5.74) is 0. The van der Waals surface area contributed by atoms with E-state index in [1.54, 1.807) is 0 Å². The second-order valence-electron chi connectivity index (χ2n) is 3.46. The highest BCUT2D eigenvalue weighted by Crippen LogP contribution is 2.32. The van der Waals surface area contributed by atoms with Gasteiger partial charge in [0.25, 0.3) is 5.91 Å². The van der Waals surface area contributed by atoms with Crippen molar-refractivity contribution in [2.24, 2.45) is 0 Å². The maximum atomic E-state index is 12.3. The van der Waals surface area contributed by atoms with Gasteiger partial charge in [0.15, 0.2) is 0 Å². The molecule has 1 amide bonds. The van der Waals surface area contributed by atoms with Crippen molar-refractivity contribution >= 4 is 34.8 Å². The van der Waals surface area contributed by atoms with Gasteiger partial charge in [-0.3, -0.25) is 10.1 Å². The molecule has 2 N–H and O–H groups in total. The lowest BCUT2D eigenvalue weighted by Crippen LogP contribution is -2.45. The van der Waals surface area contributed by atoms with E-state index in [0.717, 1.165) is 0 Å². The standard InChI is InChI=1S/C8H9F3N4O2S.ClH/c9-8(10,11)6-14-15-7(18-6)13-5(16)4-3-12-1-2-17-4;/h4,12H,1-3H2,(H,13,15,16);1H. The average Bonchev–Trinajstić information content (AvgIpc) is 2.78. The third-order valence-corrected chi connectivity index (χ3v) is 3.00. The molecule has 1 aliphatic heterocycles. The van der Waals surface area contributed by atoms with Crippen LogP contribution in [0.1, 0.15) is 5.01 Å². The van der Waals surface area contributed by atoms with E-state index < -0.39 is 23.2 Å². The van der Waals surface area contributed by atoms with Gasteiger partial charge >= 0.3 is 6.18 Å². The molecule has 0 radical (unpaired) electrons. The van der Waals surface area contributed by atoms with E-state index in [1.165, 1.54) is 0 Å². The maximum Gasteiger partial charge on any atom is 0.445 e. The van der Waals surface area contributed by atoms with Crippen molar-refractivity contribution in [3.63, 3.8) is 0 Å². The Labute approximate surface area is 116 Å². The summed E-state index contributed by atoms with van der Waals surface area (Å²) in [6.45, 7) is 1.33. The van der Waals surface area contributed by atoms with E-state index >= 15 is 0 Å². The zero-order valence-electron chi connectivity index (χ0n) is 9.36. The number of alkyl halides is 3. The van der Waals surface area contributed by atoms with Gasteiger partial charge < -0.3 is 10.1 Å². The fourth-order valence-corrected chi connectivity index (χ4v) is 1.92. The molecule has 11 heteroatoms. The lowest BCUT2D eigenvalue weighted by Gasteiger charge is -2.21. The second-order valence-corrected chi connectivity index (χ2v) is 4.44. The summed E-state index contributed by atoms with van der Waals surface area (Å²) in [5, 5.41) is 10.1. The topological polar surface area (TPSA) is 76.1 Å². The Bertz CT molecular complexity index is 436. The summed E-state index contributed by atoms with van der Waals surface area (Å²) in [6.07, 6.45) is -5.28. The molecule has 19 heavy (non-hydrogen) atoms. The largest absolute Gasteiger partial charge is 0.445 e. The highest BCUT2D eigenvalue weighted by atomic mass is 35.5. The monoisotopic (exact) mass is 318 g/mol. The van der Waals surface area contributed by atoms with Crippen molar-refractivity contribution < 1.29 is 22.7 Å². The Kier molecular flexibility index (Phi) is 5.47. The molecule has 0 spiro atoms. The van der Waals surface area contributed by atoms with Crippen molar-refractivity contribution in [1.82, 2.24) is 15.5 Å². The zero-order chi connectivity index (χ0) is 13.2. The molecule has 0 aliphatic carbocycles. The SMILES string of the molecule is Cl.O=C(Nc1nnc(C(F)(F)F)s1)C1CNCCO1. The van der Waals surface area contributed by atoms with Crippen molar-refractivity contribution in [2.45, 2.75) is 12.3 Å². The van der Waals surface area contributed by atoms with Crippen LogP contribution >= 0.6 is 23.7 Å². The number of nitrogens with zero attached hydrogens (tertiary/aromatic N) is 2. The predicted octanol–water partition coefficient (Wildman–Crippen LogP) is 0.906. The third kappa shape index (κ3) is 4.27. The van der Waals surface area contributed by atoms with Crippen LogP contribution in [-0.2, 0) is 15.7 Å². The van der Waals surface area contributed by atoms with Gasteiger partial charge in [0.05, 0.1) is 6.61 Å². The van der Waals surface area contributed by atoms with Crippen LogP contribution in [-0.4, -0.2) is 41.9 Å². The minimum Gasteiger partial charge on any atom is -0.366 e. The van der Waals surface area contributed by atoms with Gasteiger partial charge in [-0.2, -0.15) is 13.2 Å². The molecule has 108 valence electrons. The number of carbonyl (C=O) groups excluding carboxylic acids is 1. The van der Waals surface area contributed by atoms with Crippen molar-refractivity contribution in [3.05, 3.63) is 5.01 Å². The highest BCUT2D eigenvalue weighted by molar-refractivity contribution is 7.15. The van der Waals surface area contributed by atoms with Gasteiger partial charge in [0.1, 0.15) is 6.10 Å². The molecule has 1 aliphatic rings. The van der Waals surface area contributed by atoms with E-state index in [-0.39, 0.29) is 28.9 Å². The van der Waals surface area contributed by atoms with Crippen molar-refractivity contribution in [1.29, 1.82) is 0 Å². The molecular weight excluding hydrogens is 309 g/mol. The van der Waals surface area contributed by atoms with Crippen LogP contribution in [0.4, 0.5) is 18.3 Å². The summed E-state index contributed by atoms with van der Waals surface area (Å²) in [4.78, 5) is 11.6. The summed E-state index contributed by atoms with van der Waals surface area (Å²) in [7, 11) is 0. The lowest BCUT2D eigenvalue weighted by atomic mass is 10.3. The molecule has 1 atom stereocenters.